The van der Waals surface area contributed by atoms with Crippen LogP contribution in [0.3, 0.4) is 0 Å². The van der Waals surface area contributed by atoms with E-state index >= 15 is 0 Å². The van der Waals surface area contributed by atoms with Crippen molar-refractivity contribution in [3.63, 3.8) is 0 Å². The maximum absolute atomic E-state index is 12.6. The smallest absolute Gasteiger partial charge is 0.251 e. The molecule has 3 aromatic rings. The lowest BCUT2D eigenvalue weighted by atomic mass is 10.2. The maximum Gasteiger partial charge on any atom is 0.251 e. The van der Waals surface area contributed by atoms with Crippen molar-refractivity contribution in [1.82, 2.24) is 20.1 Å². The molecule has 0 bridgehead atoms. The Kier molecular flexibility index (Phi) is 7.22. The summed E-state index contributed by atoms with van der Waals surface area (Å²) in [7, 11) is 0. The molecule has 0 saturated heterocycles. The molecular weight excluding hydrogens is 427 g/mol. The normalized spacial score (nSPS) is 12.0. The van der Waals surface area contributed by atoms with Gasteiger partial charge in [-0.25, -0.2) is 0 Å². The van der Waals surface area contributed by atoms with E-state index in [0.29, 0.717) is 28.0 Å². The Hall–Kier alpha value is -2.02. The number of hydrogen-bond acceptors (Lipinski definition) is 4. The first-order valence-electron chi connectivity index (χ1n) is 9.26. The number of aromatic nitrogens is 3. The van der Waals surface area contributed by atoms with Gasteiger partial charge in [-0.3, -0.25) is 4.79 Å². The monoisotopic (exact) mass is 448 g/mol. The van der Waals surface area contributed by atoms with Crippen LogP contribution < -0.4 is 5.32 Å². The van der Waals surface area contributed by atoms with Crippen LogP contribution in [0.1, 0.15) is 47.2 Å². The molecule has 8 heteroatoms. The van der Waals surface area contributed by atoms with Crippen LogP contribution in [0.5, 0.6) is 0 Å². The number of rotatable bonds is 7. The molecule has 1 N–H and O–H groups in total. The van der Waals surface area contributed by atoms with Crippen molar-refractivity contribution in [3.05, 3.63) is 75.0 Å². The number of carbonyl (C=O) groups excluding carboxylic acids is 1. The summed E-state index contributed by atoms with van der Waals surface area (Å²) in [6.45, 7) is 6.71. The van der Waals surface area contributed by atoms with Gasteiger partial charge in [-0.2, -0.15) is 0 Å². The van der Waals surface area contributed by atoms with Gasteiger partial charge in [0.25, 0.3) is 5.91 Å². The Morgan fingerprint density at radius 2 is 1.86 bits per heavy atom. The zero-order chi connectivity index (χ0) is 21.0. The fourth-order valence-electron chi connectivity index (χ4n) is 2.84. The zero-order valence-electron chi connectivity index (χ0n) is 16.4. The Labute approximate surface area is 184 Å². The van der Waals surface area contributed by atoms with E-state index < -0.39 is 0 Å². The molecule has 152 valence electrons. The number of nitrogens with one attached hydrogen (secondary N) is 1. The van der Waals surface area contributed by atoms with Crippen molar-refractivity contribution in [1.29, 1.82) is 0 Å². The highest BCUT2D eigenvalue weighted by Crippen LogP contribution is 2.25. The molecule has 1 atom stereocenters. The van der Waals surface area contributed by atoms with Gasteiger partial charge in [0.2, 0.25) is 0 Å². The van der Waals surface area contributed by atoms with Gasteiger partial charge in [0.05, 0.1) is 16.1 Å². The number of nitrogens with zero attached hydrogens (tertiary/aromatic N) is 3. The van der Waals surface area contributed by atoms with Crippen molar-refractivity contribution in [2.75, 3.05) is 0 Å². The van der Waals surface area contributed by atoms with Gasteiger partial charge in [0.15, 0.2) is 11.0 Å². The van der Waals surface area contributed by atoms with Crippen LogP contribution in [0, 0.1) is 6.92 Å². The highest BCUT2D eigenvalue weighted by atomic mass is 35.5. The zero-order valence-corrected chi connectivity index (χ0v) is 18.8. The van der Waals surface area contributed by atoms with Crippen molar-refractivity contribution in [2.45, 2.75) is 44.3 Å². The van der Waals surface area contributed by atoms with Gasteiger partial charge >= 0.3 is 0 Å². The van der Waals surface area contributed by atoms with Crippen molar-refractivity contribution in [2.24, 2.45) is 0 Å². The van der Waals surface area contributed by atoms with Crippen molar-refractivity contribution in [3.8, 4) is 0 Å². The topological polar surface area (TPSA) is 59.8 Å². The van der Waals surface area contributed by atoms with Crippen LogP contribution in [-0.4, -0.2) is 20.7 Å². The predicted octanol–water partition coefficient (Wildman–Crippen LogP) is 5.70. The van der Waals surface area contributed by atoms with Gasteiger partial charge in [-0.1, -0.05) is 64.8 Å². The lowest BCUT2D eigenvalue weighted by molar-refractivity contribution is 0.0937. The second-order valence-electron chi connectivity index (χ2n) is 6.68. The van der Waals surface area contributed by atoms with Crippen molar-refractivity contribution < 1.29 is 4.79 Å². The first-order chi connectivity index (χ1) is 13.9. The fraction of sp³-hybridized carbons (Fsp3) is 0.286. The molecule has 0 fully saturated rings. The molecule has 1 unspecified atom stereocenters. The van der Waals surface area contributed by atoms with Crippen LogP contribution in [0.4, 0.5) is 0 Å². The van der Waals surface area contributed by atoms with Gasteiger partial charge in [-0.15, -0.1) is 10.2 Å². The average Bonchev–Trinajstić information content (AvgIpc) is 3.12. The van der Waals surface area contributed by atoms with E-state index in [2.05, 4.69) is 46.7 Å². The van der Waals surface area contributed by atoms with Crippen LogP contribution in [0.25, 0.3) is 0 Å². The summed E-state index contributed by atoms with van der Waals surface area (Å²) in [6, 6.07) is 12.9. The highest BCUT2D eigenvalue weighted by Gasteiger charge is 2.20. The molecule has 2 aromatic carbocycles. The molecule has 0 spiro atoms. The van der Waals surface area contributed by atoms with Crippen LogP contribution >= 0.6 is 35.0 Å². The first kappa shape index (κ1) is 21.7. The minimum atomic E-state index is -0.307. The lowest BCUT2D eigenvalue weighted by Gasteiger charge is -2.15. The Bertz CT molecular complexity index is 1000. The molecule has 0 saturated carbocycles. The molecule has 0 aliphatic carbocycles. The number of thioether (sulfide) groups is 1. The summed E-state index contributed by atoms with van der Waals surface area (Å²) in [4.78, 5) is 12.6. The lowest BCUT2D eigenvalue weighted by Crippen LogP contribution is -2.28. The molecule has 29 heavy (non-hydrogen) atoms. The molecular formula is C21H22Cl2N4OS. The molecule has 1 heterocycles. The second-order valence-corrected chi connectivity index (χ2v) is 8.44. The SMILES string of the molecule is CCn1c(SCc2ccc(C)cc2)nnc1C(C)NC(=O)c1ccc(Cl)c(Cl)c1. The summed E-state index contributed by atoms with van der Waals surface area (Å²) in [5.74, 6) is 1.28. The van der Waals surface area contributed by atoms with E-state index in [4.69, 9.17) is 23.2 Å². The number of amides is 1. The second kappa shape index (κ2) is 9.65. The van der Waals surface area contributed by atoms with Crippen LogP contribution in [0.2, 0.25) is 10.0 Å². The van der Waals surface area contributed by atoms with E-state index in [-0.39, 0.29) is 11.9 Å². The molecule has 1 amide bonds. The summed E-state index contributed by atoms with van der Waals surface area (Å²) >= 11 is 13.6. The third kappa shape index (κ3) is 5.32. The Morgan fingerprint density at radius 3 is 2.52 bits per heavy atom. The van der Waals surface area contributed by atoms with E-state index in [9.17, 15) is 4.79 Å². The largest absolute Gasteiger partial charge is 0.342 e. The third-order valence-electron chi connectivity index (χ3n) is 4.47. The summed E-state index contributed by atoms with van der Waals surface area (Å²) in [5, 5.41) is 13.2. The Morgan fingerprint density at radius 1 is 1.14 bits per heavy atom. The quantitative estimate of drug-likeness (QED) is 0.471. The number of benzene rings is 2. The molecule has 3 rings (SSSR count). The number of carbonyl (C=O) groups is 1. The minimum absolute atomic E-state index is 0.240. The molecule has 0 radical (unpaired) electrons. The van der Waals surface area contributed by atoms with Gasteiger partial charge in [0, 0.05) is 17.9 Å². The van der Waals surface area contributed by atoms with Crippen LogP contribution in [-0.2, 0) is 12.3 Å². The highest BCUT2D eigenvalue weighted by molar-refractivity contribution is 7.98. The van der Waals surface area contributed by atoms with Gasteiger partial charge in [-0.05, 0) is 44.5 Å². The molecule has 0 aliphatic rings. The number of hydrogen-bond donors (Lipinski definition) is 1. The molecule has 1 aromatic heterocycles. The summed E-state index contributed by atoms with van der Waals surface area (Å²) in [6.07, 6.45) is 0. The van der Waals surface area contributed by atoms with E-state index in [1.807, 2.05) is 18.4 Å². The Balaban J connectivity index is 1.70. The third-order valence-corrected chi connectivity index (χ3v) is 6.24. The van der Waals surface area contributed by atoms with E-state index in [1.165, 1.54) is 11.1 Å². The summed E-state index contributed by atoms with van der Waals surface area (Å²) < 4.78 is 2.03. The minimum Gasteiger partial charge on any atom is -0.342 e. The standard InChI is InChI=1S/C21H22Cl2N4OS/c1-4-27-19(14(3)24-20(28)16-9-10-17(22)18(23)11-16)25-26-21(27)29-12-15-7-5-13(2)6-8-15/h5-11,14H,4,12H2,1-3H3,(H,24,28). The van der Waals surface area contributed by atoms with Crippen LogP contribution in [0.15, 0.2) is 47.6 Å². The van der Waals surface area contributed by atoms with E-state index in [0.717, 1.165) is 10.9 Å². The molecule has 0 aliphatic heterocycles. The summed E-state index contributed by atoms with van der Waals surface area (Å²) in [5.41, 5.74) is 2.92. The average molecular weight is 449 g/mol. The van der Waals surface area contributed by atoms with Gasteiger partial charge in [0.1, 0.15) is 0 Å². The molecule has 5 nitrogen and oxygen atoms in total. The first-order valence-corrected chi connectivity index (χ1v) is 11.0. The maximum atomic E-state index is 12.6. The number of aryl methyl sites for hydroxylation is 1. The number of halogens is 2. The predicted molar refractivity (Wildman–Crippen MR) is 119 cm³/mol. The van der Waals surface area contributed by atoms with Crippen molar-refractivity contribution >= 4 is 40.9 Å². The van der Waals surface area contributed by atoms with E-state index in [1.54, 1.807) is 30.0 Å². The fourth-order valence-corrected chi connectivity index (χ4v) is 4.10. The van der Waals surface area contributed by atoms with Gasteiger partial charge < -0.3 is 9.88 Å².